The van der Waals surface area contributed by atoms with Crippen LogP contribution in [0.15, 0.2) is 71.8 Å². The van der Waals surface area contributed by atoms with Crippen LogP contribution in [0.3, 0.4) is 0 Å². The third-order valence-electron chi connectivity index (χ3n) is 12.4. The minimum absolute atomic E-state index is 0.0602. The van der Waals surface area contributed by atoms with E-state index in [1.165, 1.54) is 39.8 Å². The predicted octanol–water partition coefficient (Wildman–Crippen LogP) is 3.47. The largest absolute Gasteiger partial charge is 0.456 e. The van der Waals surface area contributed by atoms with Gasteiger partial charge < -0.3 is 44.3 Å². The fourth-order valence-electron chi connectivity index (χ4n) is 9.34. The molecule has 1 amide bonds. The van der Waals surface area contributed by atoms with Crippen LogP contribution in [-0.2, 0) is 42.9 Å². The average Bonchev–Trinajstić information content (AvgIpc) is 3.14. The van der Waals surface area contributed by atoms with Gasteiger partial charge in [0.1, 0.15) is 29.5 Å². The van der Waals surface area contributed by atoms with Crippen molar-refractivity contribution in [2.75, 3.05) is 6.61 Å². The lowest BCUT2D eigenvalue weighted by molar-refractivity contribution is -0.343. The lowest BCUT2D eigenvalue weighted by Gasteiger charge is -2.66. The van der Waals surface area contributed by atoms with Crippen molar-refractivity contribution in [2.24, 2.45) is 16.7 Å². The normalized spacial score (nSPS) is 32.4. The number of hydrogen-bond acceptors (Lipinski definition) is 14. The summed E-state index contributed by atoms with van der Waals surface area (Å²) in [6, 6.07) is 14.5. The number of ketones is 2. The average molecular weight is 806 g/mol. The fourth-order valence-corrected chi connectivity index (χ4v) is 9.34. The second kappa shape index (κ2) is 15.0. The second-order valence-electron chi connectivity index (χ2n) is 17.4. The SMILES string of the molecule is CC(=O)O[C@@]12CO[C@@H]1C[C@H](O)[C@@]1(C)C(=O)C(=O)C3=C(C)[C@H](OC(=O)[C@H](O)[C@@H](NC(=O)OC(C)(C)C)c4ccccc4)C[C@@](O)([C@@H](OC(=O)c4ccccc4)[C@H]21)C3(C)C. The van der Waals surface area contributed by atoms with Crippen LogP contribution in [0, 0.1) is 16.7 Å². The Morgan fingerprint density at radius 2 is 1.55 bits per heavy atom. The molecule has 1 aliphatic heterocycles. The number of alkyl carbamates (subject to hydrolysis) is 1. The Morgan fingerprint density at radius 1 is 0.948 bits per heavy atom. The molecule has 0 aromatic heterocycles. The molecule has 1 saturated heterocycles. The lowest BCUT2D eigenvalue weighted by Crippen LogP contribution is -2.81. The van der Waals surface area contributed by atoms with E-state index in [4.69, 9.17) is 23.7 Å². The zero-order valence-electron chi connectivity index (χ0n) is 33.8. The number of aliphatic hydroxyl groups excluding tert-OH is 2. The van der Waals surface area contributed by atoms with Crippen molar-refractivity contribution in [2.45, 2.75) is 122 Å². The molecule has 4 aliphatic rings. The molecule has 3 aliphatic carbocycles. The van der Waals surface area contributed by atoms with E-state index in [1.54, 1.807) is 69.3 Å². The van der Waals surface area contributed by atoms with Gasteiger partial charge in [0.2, 0.25) is 11.6 Å². The molecule has 58 heavy (non-hydrogen) atoms. The number of nitrogens with one attached hydrogen (secondary N) is 1. The fraction of sp³-hybridized carbons (Fsp3) is 0.535. The second-order valence-corrected chi connectivity index (χ2v) is 17.4. The lowest BCUT2D eigenvalue weighted by atomic mass is 9.45. The molecule has 2 aromatic carbocycles. The third kappa shape index (κ3) is 7.01. The number of esters is 3. The van der Waals surface area contributed by atoms with Gasteiger partial charge in [-0.25, -0.2) is 14.4 Å². The first kappa shape index (κ1) is 42.6. The summed E-state index contributed by atoms with van der Waals surface area (Å²) in [4.78, 5) is 83.5. The van der Waals surface area contributed by atoms with Crippen LogP contribution in [0.25, 0.3) is 0 Å². The Labute approximate surface area is 336 Å². The first-order valence-corrected chi connectivity index (χ1v) is 19.2. The first-order valence-electron chi connectivity index (χ1n) is 19.2. The number of rotatable bonds is 8. The molecule has 0 unspecified atom stereocenters. The highest BCUT2D eigenvalue weighted by Crippen LogP contribution is 2.63. The summed E-state index contributed by atoms with van der Waals surface area (Å²) in [5, 5.41) is 39.3. The van der Waals surface area contributed by atoms with Gasteiger partial charge in [-0.3, -0.25) is 14.4 Å². The van der Waals surface area contributed by atoms with Crippen LogP contribution in [0.1, 0.15) is 90.2 Å². The molecule has 6 rings (SSSR count). The molecule has 2 bridgehead atoms. The first-order chi connectivity index (χ1) is 27.0. The zero-order valence-corrected chi connectivity index (χ0v) is 33.8. The van der Waals surface area contributed by atoms with Crippen LogP contribution in [0.2, 0.25) is 0 Å². The minimum atomic E-state index is -2.41. The van der Waals surface area contributed by atoms with Crippen molar-refractivity contribution in [3.63, 3.8) is 0 Å². The van der Waals surface area contributed by atoms with Crippen LogP contribution in [-0.4, -0.2) is 105 Å². The van der Waals surface area contributed by atoms with E-state index in [1.807, 2.05) is 0 Å². The van der Waals surface area contributed by atoms with Crippen molar-refractivity contribution in [1.29, 1.82) is 0 Å². The highest BCUT2D eigenvalue weighted by atomic mass is 16.6. The number of carbonyl (C=O) groups is 6. The molecule has 0 radical (unpaired) electrons. The Hall–Kier alpha value is -4.96. The van der Waals surface area contributed by atoms with Gasteiger partial charge >= 0.3 is 24.0 Å². The molecule has 4 N–H and O–H groups in total. The number of carbonyl (C=O) groups excluding carboxylic acids is 6. The number of benzene rings is 2. The van der Waals surface area contributed by atoms with E-state index in [2.05, 4.69) is 5.32 Å². The van der Waals surface area contributed by atoms with Gasteiger partial charge in [0.25, 0.3) is 0 Å². The summed E-state index contributed by atoms with van der Waals surface area (Å²) >= 11 is 0. The van der Waals surface area contributed by atoms with Crippen LogP contribution < -0.4 is 5.32 Å². The molecule has 1 heterocycles. The smallest absolute Gasteiger partial charge is 0.408 e. The van der Waals surface area contributed by atoms with Crippen molar-refractivity contribution >= 4 is 35.6 Å². The van der Waals surface area contributed by atoms with Crippen LogP contribution in [0.4, 0.5) is 4.79 Å². The summed E-state index contributed by atoms with van der Waals surface area (Å²) in [5.41, 5.74) is -8.77. The van der Waals surface area contributed by atoms with Crippen molar-refractivity contribution in [3.8, 4) is 0 Å². The van der Waals surface area contributed by atoms with E-state index in [0.717, 1.165) is 6.92 Å². The summed E-state index contributed by atoms with van der Waals surface area (Å²) < 4.78 is 29.4. The quantitative estimate of drug-likeness (QED) is 0.171. The molecule has 15 heteroatoms. The van der Waals surface area contributed by atoms with Gasteiger partial charge in [-0.2, -0.15) is 0 Å². The van der Waals surface area contributed by atoms with E-state index in [0.29, 0.717) is 5.56 Å². The van der Waals surface area contributed by atoms with Crippen molar-refractivity contribution < 1.29 is 67.8 Å². The van der Waals surface area contributed by atoms with Crippen molar-refractivity contribution in [3.05, 3.63) is 82.9 Å². The molecular weight excluding hydrogens is 754 g/mol. The molecule has 2 saturated carbocycles. The van der Waals surface area contributed by atoms with E-state index in [9.17, 15) is 44.1 Å². The molecule has 15 nitrogen and oxygen atoms in total. The molecule has 0 spiro atoms. The predicted molar refractivity (Wildman–Crippen MR) is 203 cm³/mol. The van der Waals surface area contributed by atoms with Crippen molar-refractivity contribution in [1.82, 2.24) is 5.32 Å². The molecule has 2 aromatic rings. The summed E-state index contributed by atoms with van der Waals surface area (Å²) in [7, 11) is 0. The van der Waals surface area contributed by atoms with Gasteiger partial charge in [-0.05, 0) is 57.9 Å². The van der Waals surface area contributed by atoms with Gasteiger partial charge in [0, 0.05) is 30.8 Å². The Balaban J connectivity index is 1.49. The van der Waals surface area contributed by atoms with Crippen LogP contribution >= 0.6 is 0 Å². The maximum atomic E-state index is 14.8. The highest BCUT2D eigenvalue weighted by molar-refractivity contribution is 6.46. The highest BCUT2D eigenvalue weighted by Gasteiger charge is 2.78. The Morgan fingerprint density at radius 3 is 2.10 bits per heavy atom. The summed E-state index contributed by atoms with van der Waals surface area (Å²) in [5.74, 6) is -6.80. The standard InChI is InChI=1S/C43H51NO14/c1-22-26(55-37(51)32(48)30(24-15-11-9-12-16-24)44-38(52)58-39(3,4)5)20-43(53)35(56-36(50)25-17-13-10-14-18-25)33-41(8,34(49)31(47)29(22)40(43,6)7)27(46)19-28-42(33,21-54-28)57-23(2)45/h9-18,26-28,30,32-33,35,46,48,53H,19-21H2,1-8H3,(H,44,52)/t26-,27+,28-,30+,32-,33+,35+,41-,42+,43-/m1/s1. The number of amides is 1. The summed E-state index contributed by atoms with van der Waals surface area (Å²) in [6.45, 7) is 11.5. The van der Waals surface area contributed by atoms with E-state index in [-0.39, 0.29) is 29.7 Å². The number of hydrogen-bond donors (Lipinski definition) is 4. The monoisotopic (exact) mass is 805 g/mol. The Bertz CT molecular complexity index is 2020. The third-order valence-corrected chi connectivity index (χ3v) is 12.4. The molecule has 10 atom stereocenters. The number of aliphatic hydroxyl groups is 3. The maximum Gasteiger partial charge on any atom is 0.408 e. The number of fused-ring (bicyclic) bond motifs is 5. The summed E-state index contributed by atoms with van der Waals surface area (Å²) in [6.07, 6.45) is -9.78. The van der Waals surface area contributed by atoms with Gasteiger partial charge in [0.05, 0.1) is 35.6 Å². The Kier molecular flexibility index (Phi) is 11.0. The molecule has 312 valence electrons. The van der Waals surface area contributed by atoms with E-state index < -0.39 is 112 Å². The van der Waals surface area contributed by atoms with E-state index >= 15 is 0 Å². The minimum Gasteiger partial charge on any atom is -0.456 e. The zero-order chi connectivity index (χ0) is 42.7. The van der Waals surface area contributed by atoms with Crippen LogP contribution in [0.5, 0.6) is 0 Å². The number of ether oxygens (including phenoxy) is 5. The number of Topliss-reactive ketones (excluding diaryl/α,β-unsaturated/α-hetero) is 2. The molecular formula is C43H51NO14. The van der Waals surface area contributed by atoms with Gasteiger partial charge in [-0.15, -0.1) is 0 Å². The maximum absolute atomic E-state index is 14.8. The molecule has 3 fully saturated rings. The topological polar surface area (TPSA) is 221 Å². The van der Waals surface area contributed by atoms with Gasteiger partial charge in [-0.1, -0.05) is 62.4 Å². The van der Waals surface area contributed by atoms with Gasteiger partial charge in [0.15, 0.2) is 11.7 Å².